The highest BCUT2D eigenvalue weighted by Crippen LogP contribution is 2.40. The Hall–Kier alpha value is -1.34. The fourth-order valence-corrected chi connectivity index (χ4v) is 4.88. The molecule has 2 aromatic rings. The summed E-state index contributed by atoms with van der Waals surface area (Å²) in [6, 6.07) is 2.03. The zero-order valence-corrected chi connectivity index (χ0v) is 18.6. The molecule has 1 saturated heterocycles. The van der Waals surface area contributed by atoms with Gasteiger partial charge in [0.05, 0.1) is 36.6 Å². The minimum absolute atomic E-state index is 0.215. The van der Waals surface area contributed by atoms with Crippen molar-refractivity contribution in [2.24, 2.45) is 5.92 Å². The van der Waals surface area contributed by atoms with E-state index in [1.54, 1.807) is 12.3 Å². The molecule has 14 heteroatoms. The highest BCUT2D eigenvalue weighted by molar-refractivity contribution is 7.46. The molecule has 178 valence electrons. The van der Waals surface area contributed by atoms with Gasteiger partial charge in [0.25, 0.3) is 0 Å². The number of aliphatic hydroxyl groups is 3. The summed E-state index contributed by atoms with van der Waals surface area (Å²) in [5.41, 5.74) is 1.09. The second kappa shape index (κ2) is 9.49. The third-order valence-corrected chi connectivity index (χ3v) is 6.60. The van der Waals surface area contributed by atoms with Crippen LogP contribution in [0.2, 0.25) is 5.15 Å². The summed E-state index contributed by atoms with van der Waals surface area (Å²) in [6.45, 7) is -1.18. The lowest BCUT2D eigenvalue weighted by molar-refractivity contribution is -0.0777. The molecule has 3 heterocycles. The number of phosphoric acid groups is 1. The molecule has 2 fully saturated rings. The molecule has 2 aliphatic rings. The molecule has 1 saturated carbocycles. The molecule has 12 nitrogen and oxygen atoms in total. The number of aromatic nitrogens is 3. The first-order chi connectivity index (χ1) is 15.2. The zero-order chi connectivity index (χ0) is 23.0. The molecule has 2 aromatic heterocycles. The van der Waals surface area contributed by atoms with Crippen LogP contribution in [0.25, 0.3) is 11.0 Å². The molecule has 6 N–H and O–H groups in total. The van der Waals surface area contributed by atoms with Crippen LogP contribution in [0.3, 0.4) is 0 Å². The number of phosphoric ester groups is 1. The average Bonchev–Trinajstić information content (AvgIpc) is 3.44. The molecule has 0 bridgehead atoms. The fraction of sp³-hybridized carbons (Fsp3) is 0.667. The summed E-state index contributed by atoms with van der Waals surface area (Å²) < 4.78 is 22.5. The van der Waals surface area contributed by atoms with Gasteiger partial charge in [0.1, 0.15) is 17.4 Å². The number of hydrogen-bond acceptors (Lipinski definition) is 9. The van der Waals surface area contributed by atoms with Crippen LogP contribution >= 0.6 is 19.4 Å². The standard InChI is InChI=1S/C18H26ClN4O8P/c19-13-5-12(21-10-3-1-2-4-10)11-6-20-23(17(11)22-13)18-15(26)14(25)16(31-18)9(7-24)8-30-32(27,28)29/h5-6,9-10,14-16,18,24-26H,1-4,7-8H2,(H,21,22)(H2,27,28,29)/t9?,14-,15+,16+,18+/m0/s1. The number of rotatable bonds is 8. The van der Waals surface area contributed by atoms with Crippen molar-refractivity contribution in [1.82, 2.24) is 14.8 Å². The lowest BCUT2D eigenvalue weighted by Gasteiger charge is -2.23. The van der Waals surface area contributed by atoms with Gasteiger partial charge in [-0.2, -0.15) is 5.10 Å². The second-order valence-electron chi connectivity index (χ2n) is 8.15. The third kappa shape index (κ3) is 4.93. The van der Waals surface area contributed by atoms with Gasteiger partial charge < -0.3 is 35.2 Å². The maximum atomic E-state index is 11.0. The van der Waals surface area contributed by atoms with E-state index in [0.717, 1.165) is 31.4 Å². The molecular formula is C18H26ClN4O8P. The van der Waals surface area contributed by atoms with Crippen LogP contribution in [0, 0.1) is 5.92 Å². The Morgan fingerprint density at radius 3 is 2.69 bits per heavy atom. The van der Waals surface area contributed by atoms with Crippen LogP contribution in [0.15, 0.2) is 12.3 Å². The van der Waals surface area contributed by atoms with Crippen LogP contribution in [0.5, 0.6) is 0 Å². The van der Waals surface area contributed by atoms with Crippen molar-refractivity contribution in [3.05, 3.63) is 17.4 Å². The summed E-state index contributed by atoms with van der Waals surface area (Å²) >= 11 is 6.23. The van der Waals surface area contributed by atoms with Crippen molar-refractivity contribution in [2.75, 3.05) is 18.5 Å². The fourth-order valence-electron chi connectivity index (χ4n) is 4.30. The van der Waals surface area contributed by atoms with Gasteiger partial charge in [-0.25, -0.2) is 14.2 Å². The quantitative estimate of drug-likeness (QED) is 0.226. The monoisotopic (exact) mass is 492 g/mol. The van der Waals surface area contributed by atoms with Crippen molar-refractivity contribution < 1.29 is 38.9 Å². The summed E-state index contributed by atoms with van der Waals surface area (Å²) in [6.07, 6.45) is 0.719. The number of nitrogens with zero attached hydrogens (tertiary/aromatic N) is 3. The minimum Gasteiger partial charge on any atom is -0.396 e. The lowest BCUT2D eigenvalue weighted by atomic mass is 9.98. The minimum atomic E-state index is -4.79. The van der Waals surface area contributed by atoms with E-state index in [1.165, 1.54) is 4.68 Å². The van der Waals surface area contributed by atoms with E-state index in [2.05, 4.69) is 19.9 Å². The molecule has 1 unspecified atom stereocenters. The molecule has 5 atom stereocenters. The Labute approximate surface area is 188 Å². The predicted molar refractivity (Wildman–Crippen MR) is 113 cm³/mol. The van der Waals surface area contributed by atoms with E-state index in [9.17, 15) is 19.9 Å². The van der Waals surface area contributed by atoms with Gasteiger partial charge in [-0.05, 0) is 18.9 Å². The lowest BCUT2D eigenvalue weighted by Crippen LogP contribution is -2.39. The van der Waals surface area contributed by atoms with E-state index in [1.807, 2.05) is 0 Å². The number of hydrogen-bond donors (Lipinski definition) is 6. The molecule has 0 amide bonds. The number of pyridine rings is 1. The highest BCUT2D eigenvalue weighted by Gasteiger charge is 2.48. The van der Waals surface area contributed by atoms with Gasteiger partial charge >= 0.3 is 7.82 Å². The van der Waals surface area contributed by atoms with Crippen LogP contribution < -0.4 is 5.32 Å². The molecule has 1 aliphatic heterocycles. The predicted octanol–water partition coefficient (Wildman–Crippen LogP) is 0.776. The average molecular weight is 493 g/mol. The van der Waals surface area contributed by atoms with E-state index in [-0.39, 0.29) is 5.15 Å². The molecular weight excluding hydrogens is 467 g/mol. The Bertz CT molecular complexity index is 997. The number of halogens is 1. The van der Waals surface area contributed by atoms with Gasteiger partial charge in [-0.3, -0.25) is 4.52 Å². The number of fused-ring (bicyclic) bond motifs is 1. The van der Waals surface area contributed by atoms with Crippen LogP contribution in [0.4, 0.5) is 5.69 Å². The number of aliphatic hydroxyl groups excluding tert-OH is 3. The highest BCUT2D eigenvalue weighted by atomic mass is 35.5. The van der Waals surface area contributed by atoms with Gasteiger partial charge in [0.15, 0.2) is 11.9 Å². The largest absolute Gasteiger partial charge is 0.469 e. The van der Waals surface area contributed by atoms with Gasteiger partial charge in [-0.15, -0.1) is 0 Å². The van der Waals surface area contributed by atoms with E-state index < -0.39 is 51.5 Å². The number of anilines is 1. The van der Waals surface area contributed by atoms with Crippen molar-refractivity contribution in [1.29, 1.82) is 0 Å². The van der Waals surface area contributed by atoms with Crippen LogP contribution in [-0.4, -0.2) is 77.4 Å². The zero-order valence-electron chi connectivity index (χ0n) is 17.0. The van der Waals surface area contributed by atoms with Gasteiger partial charge in [0.2, 0.25) is 0 Å². The summed E-state index contributed by atoms with van der Waals surface area (Å²) in [4.78, 5) is 22.1. The smallest absolute Gasteiger partial charge is 0.396 e. The van der Waals surface area contributed by atoms with Crippen molar-refractivity contribution in [3.63, 3.8) is 0 Å². The SMILES string of the molecule is O=P(O)(O)OCC(CO)[C@H]1O[C@@H](n2ncc3c(NC4CCCC4)cc(Cl)nc32)[C@H](O)[C@@H]1O. The van der Waals surface area contributed by atoms with Gasteiger partial charge in [-0.1, -0.05) is 24.4 Å². The molecule has 1 aliphatic carbocycles. The third-order valence-electron chi connectivity index (χ3n) is 5.92. The molecule has 0 spiro atoms. The Morgan fingerprint density at radius 1 is 1.31 bits per heavy atom. The maximum Gasteiger partial charge on any atom is 0.469 e. The van der Waals surface area contributed by atoms with Crippen LogP contribution in [-0.2, 0) is 13.8 Å². The summed E-state index contributed by atoms with van der Waals surface area (Å²) in [7, 11) is -4.79. The summed E-state index contributed by atoms with van der Waals surface area (Å²) in [5.74, 6) is -1.00. The maximum absolute atomic E-state index is 11.0. The normalized spacial score (nSPS) is 27.9. The Balaban J connectivity index is 1.59. The first kappa shape index (κ1) is 23.8. The van der Waals surface area contributed by atoms with Gasteiger partial charge in [0, 0.05) is 12.0 Å². The van der Waals surface area contributed by atoms with E-state index in [0.29, 0.717) is 17.1 Å². The first-order valence-electron chi connectivity index (χ1n) is 10.3. The topological polar surface area (TPSA) is 179 Å². The molecule has 0 aromatic carbocycles. The first-order valence-corrected chi connectivity index (χ1v) is 12.2. The number of ether oxygens (including phenoxy) is 1. The van der Waals surface area contributed by atoms with Crippen molar-refractivity contribution >= 4 is 36.1 Å². The van der Waals surface area contributed by atoms with Crippen molar-refractivity contribution in [2.45, 2.75) is 56.3 Å². The summed E-state index contributed by atoms with van der Waals surface area (Å²) in [5, 5.41) is 39.3. The Kier molecular flexibility index (Phi) is 7.06. The number of nitrogens with one attached hydrogen (secondary N) is 1. The molecule has 0 radical (unpaired) electrons. The van der Waals surface area contributed by atoms with Crippen molar-refractivity contribution in [3.8, 4) is 0 Å². The van der Waals surface area contributed by atoms with E-state index in [4.69, 9.17) is 26.1 Å². The van der Waals surface area contributed by atoms with E-state index >= 15 is 0 Å². The Morgan fingerprint density at radius 2 is 2.03 bits per heavy atom. The molecule has 4 rings (SSSR count). The van der Waals surface area contributed by atoms with Crippen LogP contribution in [0.1, 0.15) is 31.9 Å². The second-order valence-corrected chi connectivity index (χ2v) is 9.77. The molecule has 32 heavy (non-hydrogen) atoms.